The summed E-state index contributed by atoms with van der Waals surface area (Å²) in [5.74, 6) is -0.769. The number of aliphatic hydroxyl groups excluding tert-OH is 1. The van der Waals surface area contributed by atoms with Crippen molar-refractivity contribution >= 4 is 27.8 Å². The van der Waals surface area contributed by atoms with E-state index in [2.05, 4.69) is 22.4 Å². The summed E-state index contributed by atoms with van der Waals surface area (Å²) in [6.07, 6.45) is 6.02. The second-order valence-corrected chi connectivity index (χ2v) is 12.8. The number of carboxylic acid groups (broad SMARTS) is 1. The summed E-state index contributed by atoms with van der Waals surface area (Å²) in [5, 5.41) is 35.9. The zero-order valence-corrected chi connectivity index (χ0v) is 26.4. The zero-order chi connectivity index (χ0) is 33.0. The van der Waals surface area contributed by atoms with Crippen molar-refractivity contribution in [3.05, 3.63) is 122 Å². The van der Waals surface area contributed by atoms with Crippen molar-refractivity contribution in [2.75, 3.05) is 6.54 Å². The minimum absolute atomic E-state index is 0.0448. The number of rotatable bonds is 12. The van der Waals surface area contributed by atoms with Gasteiger partial charge >= 0.3 is 5.97 Å². The van der Waals surface area contributed by atoms with E-state index < -0.39 is 17.5 Å². The van der Waals surface area contributed by atoms with Crippen LogP contribution in [0.15, 0.2) is 88.5 Å². The molecule has 0 bridgehead atoms. The van der Waals surface area contributed by atoms with Crippen molar-refractivity contribution in [1.82, 2.24) is 14.9 Å². The van der Waals surface area contributed by atoms with Gasteiger partial charge in [-0.05, 0) is 90.1 Å². The van der Waals surface area contributed by atoms with Crippen molar-refractivity contribution < 1.29 is 20.1 Å². The fourth-order valence-corrected chi connectivity index (χ4v) is 7.11. The van der Waals surface area contributed by atoms with Crippen LogP contribution >= 0.6 is 0 Å². The number of nitrogens with one attached hydrogen (secondary N) is 2. The van der Waals surface area contributed by atoms with Gasteiger partial charge in [0.05, 0.1) is 22.6 Å². The predicted octanol–water partition coefficient (Wildman–Crippen LogP) is 5.68. The predicted molar refractivity (Wildman–Crippen MR) is 183 cm³/mol. The Bertz CT molecular complexity index is 2020. The Morgan fingerprint density at radius 3 is 2.55 bits per heavy atom. The molecule has 1 unspecified atom stereocenters. The molecular weight excluding hydrogens is 594 g/mol. The van der Waals surface area contributed by atoms with E-state index in [-0.39, 0.29) is 23.4 Å². The zero-order valence-electron chi connectivity index (χ0n) is 26.4. The van der Waals surface area contributed by atoms with Crippen molar-refractivity contribution in [1.29, 1.82) is 0 Å². The number of hydrogen-bond acceptors (Lipinski definition) is 6. The first-order valence-electron chi connectivity index (χ1n) is 16.4. The minimum Gasteiger partial charge on any atom is -0.506 e. The van der Waals surface area contributed by atoms with Gasteiger partial charge in [-0.2, -0.15) is 0 Å². The normalized spacial score (nSPS) is 15.2. The summed E-state index contributed by atoms with van der Waals surface area (Å²) in [4.78, 5) is 39.5. The van der Waals surface area contributed by atoms with Crippen LogP contribution < -0.4 is 16.4 Å². The molecule has 0 saturated heterocycles. The maximum Gasteiger partial charge on any atom is 0.314 e. The van der Waals surface area contributed by atoms with Gasteiger partial charge in [0, 0.05) is 37.2 Å². The van der Waals surface area contributed by atoms with Crippen LogP contribution in [-0.4, -0.2) is 37.4 Å². The van der Waals surface area contributed by atoms with E-state index in [9.17, 15) is 29.7 Å². The van der Waals surface area contributed by atoms with Gasteiger partial charge in [0.25, 0.3) is 5.56 Å². The smallest absolute Gasteiger partial charge is 0.314 e. The number of phenols is 1. The lowest BCUT2D eigenvalue weighted by molar-refractivity contribution is -0.145. The number of aromatic nitrogens is 2. The number of aliphatic carboxylic acids is 1. The van der Waals surface area contributed by atoms with E-state index in [0.29, 0.717) is 42.4 Å². The largest absolute Gasteiger partial charge is 0.506 e. The molecule has 9 heteroatoms. The number of carbonyl (C=O) groups is 1. The number of pyridine rings is 2. The Morgan fingerprint density at radius 1 is 0.915 bits per heavy atom. The quantitative estimate of drug-likeness (QED) is 0.111. The fraction of sp³-hybridized carbons (Fsp3) is 0.342. The van der Waals surface area contributed by atoms with Crippen molar-refractivity contribution in [2.24, 2.45) is 0 Å². The van der Waals surface area contributed by atoms with Crippen molar-refractivity contribution in [2.45, 2.75) is 76.0 Å². The molecule has 0 amide bonds. The van der Waals surface area contributed by atoms with Crippen molar-refractivity contribution in [3.63, 3.8) is 0 Å². The van der Waals surface area contributed by atoms with Crippen LogP contribution in [0.25, 0.3) is 21.8 Å². The second kappa shape index (κ2) is 13.9. The number of benzene rings is 3. The Labute approximate surface area is 272 Å². The van der Waals surface area contributed by atoms with Gasteiger partial charge in [0.2, 0.25) is 5.56 Å². The highest BCUT2D eigenvalue weighted by atomic mass is 16.4. The summed E-state index contributed by atoms with van der Waals surface area (Å²) >= 11 is 0. The molecule has 9 nitrogen and oxygen atoms in total. The molecular formula is C38H41N3O6. The molecule has 1 atom stereocenters. The van der Waals surface area contributed by atoms with Crippen LogP contribution in [0.3, 0.4) is 0 Å². The molecule has 5 N–H and O–H groups in total. The number of aliphatic hydroxyl groups is 1. The highest BCUT2D eigenvalue weighted by Crippen LogP contribution is 2.40. The second-order valence-electron chi connectivity index (χ2n) is 12.8. The number of nitrogens with zero attached hydrogens (tertiary/aromatic N) is 1. The third-order valence-corrected chi connectivity index (χ3v) is 9.68. The molecule has 0 aliphatic heterocycles. The molecule has 6 rings (SSSR count). The molecule has 244 valence electrons. The summed E-state index contributed by atoms with van der Waals surface area (Å²) in [6.45, 7) is 1.35. The summed E-state index contributed by atoms with van der Waals surface area (Å²) in [7, 11) is 0. The van der Waals surface area contributed by atoms with Crippen LogP contribution in [0.2, 0.25) is 0 Å². The molecule has 1 aliphatic carbocycles. The number of aryl methyl sites for hydroxylation is 2. The number of aromatic amines is 1. The fourth-order valence-electron chi connectivity index (χ4n) is 7.11. The lowest BCUT2D eigenvalue weighted by atomic mass is 9.69. The SMILES string of the molecule is O=C(O)C1(c2cccc(CCCCn3c(=O)ccc4cc(CNCC(O)c5ccc(O)c6[nH]c(=O)ccc56)ccc43)c2)CCCCC1. The average Bonchev–Trinajstić information content (AvgIpc) is 3.08. The van der Waals surface area contributed by atoms with E-state index in [0.717, 1.165) is 66.1 Å². The summed E-state index contributed by atoms with van der Waals surface area (Å²) in [6, 6.07) is 23.6. The third kappa shape index (κ3) is 6.87. The monoisotopic (exact) mass is 635 g/mol. The van der Waals surface area contributed by atoms with E-state index in [1.165, 1.54) is 12.1 Å². The highest BCUT2D eigenvalue weighted by molar-refractivity contribution is 5.87. The van der Waals surface area contributed by atoms with Gasteiger partial charge in [0.1, 0.15) is 5.75 Å². The molecule has 0 spiro atoms. The Hall–Kier alpha value is -4.73. The van der Waals surface area contributed by atoms with Gasteiger partial charge in [-0.1, -0.05) is 55.7 Å². The number of hydrogen-bond donors (Lipinski definition) is 5. The molecule has 1 fully saturated rings. The lowest BCUT2D eigenvalue weighted by Crippen LogP contribution is -2.37. The molecule has 3 aromatic carbocycles. The summed E-state index contributed by atoms with van der Waals surface area (Å²) in [5.41, 5.74) is 3.68. The first-order valence-corrected chi connectivity index (χ1v) is 16.4. The maximum atomic E-state index is 12.8. The van der Waals surface area contributed by atoms with Crippen LogP contribution in [0, 0.1) is 0 Å². The van der Waals surface area contributed by atoms with E-state index in [1.54, 1.807) is 18.2 Å². The van der Waals surface area contributed by atoms with Crippen molar-refractivity contribution in [3.8, 4) is 5.75 Å². The maximum absolute atomic E-state index is 12.8. The van der Waals surface area contributed by atoms with E-state index in [1.807, 2.05) is 41.0 Å². The minimum atomic E-state index is -0.859. The van der Waals surface area contributed by atoms with Gasteiger partial charge in [0.15, 0.2) is 0 Å². The standard InChI is InChI=1S/C38H41N3O6/c42-32-15-12-29(30-13-16-34(44)40-36(30)32)33(43)24-39-23-26-10-14-31-27(21-26)11-17-35(45)41(31)20-5-2-7-25-8-6-9-28(22-25)38(37(46)47)18-3-1-4-19-38/h6,8-17,21-22,33,39,42-43H,1-5,7,18-20,23-24H2,(H,40,44)(H,46,47). The van der Waals surface area contributed by atoms with Crippen LogP contribution in [0.5, 0.6) is 5.75 Å². The number of aromatic hydroxyl groups is 1. The molecule has 5 aromatic rings. The summed E-state index contributed by atoms with van der Waals surface area (Å²) < 4.78 is 1.81. The number of fused-ring (bicyclic) bond motifs is 2. The first kappa shape index (κ1) is 32.2. The van der Waals surface area contributed by atoms with Gasteiger partial charge in [-0.25, -0.2) is 0 Å². The van der Waals surface area contributed by atoms with Crippen LogP contribution in [0.1, 0.15) is 73.3 Å². The number of H-pyrrole nitrogens is 1. The Balaban J connectivity index is 1.06. The number of phenolic OH excluding ortho intramolecular Hbond substituents is 1. The molecule has 2 heterocycles. The first-order chi connectivity index (χ1) is 22.7. The van der Waals surface area contributed by atoms with Gasteiger partial charge in [-0.3, -0.25) is 14.4 Å². The lowest BCUT2D eigenvalue weighted by Gasteiger charge is -2.34. The Kier molecular flexibility index (Phi) is 9.56. The van der Waals surface area contributed by atoms with E-state index in [4.69, 9.17) is 0 Å². The molecule has 2 aromatic heterocycles. The molecule has 47 heavy (non-hydrogen) atoms. The number of carboxylic acids is 1. The van der Waals surface area contributed by atoms with Gasteiger partial charge in [-0.15, -0.1) is 0 Å². The average molecular weight is 636 g/mol. The topological polar surface area (TPSA) is 145 Å². The molecule has 0 radical (unpaired) electrons. The van der Waals surface area contributed by atoms with Crippen LogP contribution in [-0.2, 0) is 29.7 Å². The highest BCUT2D eigenvalue weighted by Gasteiger charge is 2.41. The Morgan fingerprint density at radius 2 is 1.74 bits per heavy atom. The van der Waals surface area contributed by atoms with Gasteiger partial charge < -0.3 is 30.2 Å². The third-order valence-electron chi connectivity index (χ3n) is 9.68. The molecule has 1 saturated carbocycles. The number of unbranched alkanes of at least 4 members (excludes halogenated alkanes) is 1. The van der Waals surface area contributed by atoms with E-state index >= 15 is 0 Å². The van der Waals surface area contributed by atoms with Crippen LogP contribution in [0.4, 0.5) is 0 Å². The molecule has 1 aliphatic rings.